The fourth-order valence-corrected chi connectivity index (χ4v) is 5.25. The van der Waals surface area contributed by atoms with E-state index >= 15 is 0 Å². The van der Waals surface area contributed by atoms with Crippen LogP contribution in [0.15, 0.2) is 47.4 Å². The lowest BCUT2D eigenvalue weighted by molar-refractivity contribution is 0.0936. The van der Waals surface area contributed by atoms with Crippen LogP contribution in [0.2, 0.25) is 0 Å². The van der Waals surface area contributed by atoms with Gasteiger partial charge in [0.15, 0.2) is 0 Å². The molecule has 0 unspecified atom stereocenters. The molecule has 7 nitrogen and oxygen atoms in total. The van der Waals surface area contributed by atoms with E-state index in [1.807, 2.05) is 31.2 Å². The van der Waals surface area contributed by atoms with E-state index in [4.69, 9.17) is 9.47 Å². The molecule has 0 radical (unpaired) electrons. The number of nitrogens with one attached hydrogen (secondary N) is 1. The maximum atomic E-state index is 13.2. The van der Waals surface area contributed by atoms with Crippen molar-refractivity contribution < 1.29 is 22.7 Å². The molecule has 0 bridgehead atoms. The molecule has 2 aromatic rings. The monoisotopic (exact) mass is 446 g/mol. The van der Waals surface area contributed by atoms with Gasteiger partial charge < -0.3 is 14.8 Å². The van der Waals surface area contributed by atoms with E-state index < -0.39 is 15.9 Å². The van der Waals surface area contributed by atoms with E-state index in [1.165, 1.54) is 29.6 Å². The molecule has 31 heavy (non-hydrogen) atoms. The maximum Gasteiger partial charge on any atom is 0.255 e. The van der Waals surface area contributed by atoms with Crippen LogP contribution >= 0.6 is 0 Å². The minimum atomic E-state index is -3.67. The van der Waals surface area contributed by atoms with Crippen molar-refractivity contribution in [3.8, 4) is 11.5 Å². The molecule has 1 N–H and O–H groups in total. The van der Waals surface area contributed by atoms with Crippen LogP contribution in [0.5, 0.6) is 11.5 Å². The van der Waals surface area contributed by atoms with Crippen LogP contribution in [0.3, 0.4) is 0 Å². The Morgan fingerprint density at radius 1 is 0.968 bits per heavy atom. The van der Waals surface area contributed by atoms with Crippen LogP contribution in [0.1, 0.15) is 54.6 Å². The molecule has 1 saturated heterocycles. The van der Waals surface area contributed by atoms with Gasteiger partial charge in [0.25, 0.3) is 5.91 Å². The van der Waals surface area contributed by atoms with Crippen molar-refractivity contribution in [3.05, 3.63) is 53.6 Å². The Hall–Kier alpha value is -2.58. The lowest BCUT2D eigenvalue weighted by Crippen LogP contribution is -2.32. The predicted molar refractivity (Wildman–Crippen MR) is 119 cm³/mol. The topological polar surface area (TPSA) is 84.9 Å². The molecule has 1 fully saturated rings. The third-order valence-corrected chi connectivity index (χ3v) is 7.48. The zero-order chi connectivity index (χ0) is 22.4. The second-order valence-electron chi connectivity index (χ2n) is 7.65. The number of carbonyl (C=O) groups excluding carboxylic acids is 1. The van der Waals surface area contributed by atoms with Crippen LogP contribution in [-0.2, 0) is 10.0 Å². The lowest BCUT2D eigenvalue weighted by Gasteiger charge is -2.21. The summed E-state index contributed by atoms with van der Waals surface area (Å²) in [4.78, 5) is 13.1. The first-order chi connectivity index (χ1) is 14.9. The van der Waals surface area contributed by atoms with E-state index in [1.54, 1.807) is 7.11 Å². The molecule has 1 amide bonds. The zero-order valence-electron chi connectivity index (χ0n) is 18.3. The van der Waals surface area contributed by atoms with Gasteiger partial charge in [0, 0.05) is 13.1 Å². The van der Waals surface area contributed by atoms with Crippen molar-refractivity contribution in [1.82, 2.24) is 9.62 Å². The summed E-state index contributed by atoms with van der Waals surface area (Å²) in [7, 11) is -0.614. The number of hydrogen-bond acceptors (Lipinski definition) is 5. The first-order valence-electron chi connectivity index (χ1n) is 10.5. The van der Waals surface area contributed by atoms with E-state index in [-0.39, 0.29) is 16.5 Å². The average Bonchev–Trinajstić information content (AvgIpc) is 3.09. The van der Waals surface area contributed by atoms with E-state index in [0.717, 1.165) is 37.0 Å². The molecule has 1 heterocycles. The molecule has 1 aliphatic heterocycles. The van der Waals surface area contributed by atoms with Crippen molar-refractivity contribution in [2.75, 3.05) is 27.3 Å². The first kappa shape index (κ1) is 23.1. The van der Waals surface area contributed by atoms with Gasteiger partial charge in [-0.3, -0.25) is 4.79 Å². The molecular weight excluding hydrogens is 416 g/mol. The Labute approximate surface area is 184 Å². The van der Waals surface area contributed by atoms with E-state index in [9.17, 15) is 13.2 Å². The summed E-state index contributed by atoms with van der Waals surface area (Å²) in [6.07, 6.45) is 3.77. The largest absolute Gasteiger partial charge is 0.497 e. The summed E-state index contributed by atoms with van der Waals surface area (Å²) < 4.78 is 38.3. The summed E-state index contributed by atoms with van der Waals surface area (Å²) in [5, 5.41) is 2.92. The molecule has 168 valence electrons. The number of methoxy groups -OCH3 is 2. The molecular formula is C23H30N2O5S. The van der Waals surface area contributed by atoms with Gasteiger partial charge in [-0.25, -0.2) is 8.42 Å². The second-order valence-corrected chi connectivity index (χ2v) is 9.59. The van der Waals surface area contributed by atoms with E-state index in [0.29, 0.717) is 18.8 Å². The Balaban J connectivity index is 1.84. The van der Waals surface area contributed by atoms with Crippen molar-refractivity contribution >= 4 is 15.9 Å². The number of hydrogen-bond donors (Lipinski definition) is 1. The van der Waals surface area contributed by atoms with Crippen LogP contribution < -0.4 is 14.8 Å². The van der Waals surface area contributed by atoms with Crippen LogP contribution in [-0.4, -0.2) is 45.9 Å². The fourth-order valence-electron chi connectivity index (χ4n) is 3.71. The molecule has 1 atom stereocenters. The van der Waals surface area contributed by atoms with Crippen molar-refractivity contribution in [2.24, 2.45) is 0 Å². The highest BCUT2D eigenvalue weighted by Crippen LogP contribution is 2.27. The number of amides is 1. The molecule has 0 aliphatic carbocycles. The molecule has 0 aromatic heterocycles. The van der Waals surface area contributed by atoms with Crippen molar-refractivity contribution in [1.29, 1.82) is 0 Å². The van der Waals surface area contributed by atoms with Gasteiger partial charge in [0.2, 0.25) is 10.0 Å². The van der Waals surface area contributed by atoms with Crippen molar-refractivity contribution in [3.63, 3.8) is 0 Å². The number of benzene rings is 2. The van der Waals surface area contributed by atoms with Crippen LogP contribution in [0.4, 0.5) is 0 Å². The fraction of sp³-hybridized carbons (Fsp3) is 0.435. The van der Waals surface area contributed by atoms with Gasteiger partial charge in [-0.2, -0.15) is 4.31 Å². The maximum absolute atomic E-state index is 13.2. The normalized spacial score (nSPS) is 16.2. The number of sulfonamides is 1. The zero-order valence-corrected chi connectivity index (χ0v) is 19.1. The Morgan fingerprint density at radius 2 is 1.61 bits per heavy atom. The quantitative estimate of drug-likeness (QED) is 0.700. The smallest absolute Gasteiger partial charge is 0.255 e. The Morgan fingerprint density at radius 3 is 2.19 bits per heavy atom. The summed E-state index contributed by atoms with van der Waals surface area (Å²) in [5.41, 5.74) is 1.10. The van der Waals surface area contributed by atoms with Crippen molar-refractivity contribution in [2.45, 2.75) is 43.5 Å². The Bertz CT molecular complexity index is 997. The molecule has 8 heteroatoms. The molecule has 2 aromatic carbocycles. The first-order valence-corrected chi connectivity index (χ1v) is 11.9. The summed E-state index contributed by atoms with van der Waals surface area (Å²) in [6, 6.07) is 11.6. The highest BCUT2D eigenvalue weighted by atomic mass is 32.2. The summed E-state index contributed by atoms with van der Waals surface area (Å²) >= 11 is 0. The summed E-state index contributed by atoms with van der Waals surface area (Å²) in [5.74, 6) is 0.665. The predicted octanol–water partition coefficient (Wildman–Crippen LogP) is 3.76. The molecule has 3 rings (SSSR count). The molecule has 1 aliphatic rings. The lowest BCUT2D eigenvalue weighted by atomic mass is 10.1. The number of carbonyl (C=O) groups is 1. The average molecular weight is 447 g/mol. The van der Waals surface area contributed by atoms with Crippen LogP contribution in [0.25, 0.3) is 0 Å². The van der Waals surface area contributed by atoms with Gasteiger partial charge in [0.05, 0.1) is 30.7 Å². The summed E-state index contributed by atoms with van der Waals surface area (Å²) in [6.45, 7) is 2.87. The standard InChI is InChI=1S/C23H30N2O5S/c1-17(18-8-10-19(29-2)11-9-18)24-23(26)21-16-20(12-13-22(21)30-3)31(27,28)25-14-6-4-5-7-15-25/h8-13,16-17H,4-7,14-15H2,1-3H3,(H,24,26)/t17-/m0/s1. The van der Waals surface area contributed by atoms with E-state index in [2.05, 4.69) is 5.32 Å². The van der Waals surface area contributed by atoms with Gasteiger partial charge >= 0.3 is 0 Å². The van der Waals surface area contributed by atoms with Gasteiger partial charge in [-0.05, 0) is 55.7 Å². The number of rotatable bonds is 7. The Kier molecular flexibility index (Phi) is 7.56. The van der Waals surface area contributed by atoms with Gasteiger partial charge in [-0.15, -0.1) is 0 Å². The number of ether oxygens (including phenoxy) is 2. The van der Waals surface area contributed by atoms with Crippen LogP contribution in [0, 0.1) is 0 Å². The minimum Gasteiger partial charge on any atom is -0.497 e. The second kappa shape index (κ2) is 10.2. The highest BCUT2D eigenvalue weighted by Gasteiger charge is 2.27. The van der Waals surface area contributed by atoms with Gasteiger partial charge in [0.1, 0.15) is 11.5 Å². The SMILES string of the molecule is COc1ccc([C@H](C)NC(=O)c2cc(S(=O)(=O)N3CCCCCC3)ccc2OC)cc1. The van der Waals surface area contributed by atoms with Gasteiger partial charge in [-0.1, -0.05) is 25.0 Å². The molecule has 0 spiro atoms. The molecule has 0 saturated carbocycles. The third-order valence-electron chi connectivity index (χ3n) is 5.58. The third kappa shape index (κ3) is 5.37. The highest BCUT2D eigenvalue weighted by molar-refractivity contribution is 7.89. The minimum absolute atomic E-state index is 0.109. The number of nitrogens with zero attached hydrogens (tertiary/aromatic N) is 1.